The Kier molecular flexibility index (Phi) is 5.62. The van der Waals surface area contributed by atoms with Crippen LogP contribution in [0.4, 0.5) is 11.4 Å². The summed E-state index contributed by atoms with van der Waals surface area (Å²) in [6, 6.07) is 20.3. The van der Waals surface area contributed by atoms with Gasteiger partial charge in [-0.25, -0.2) is 9.98 Å². The number of aromatic nitrogens is 1. The van der Waals surface area contributed by atoms with Crippen molar-refractivity contribution in [3.8, 4) is 0 Å². The summed E-state index contributed by atoms with van der Waals surface area (Å²) in [6.07, 6.45) is 0. The number of amides is 1. The number of anilines is 1. The summed E-state index contributed by atoms with van der Waals surface area (Å²) < 4.78 is 0.975. The van der Waals surface area contributed by atoms with Gasteiger partial charge in [-0.05, 0) is 48.9 Å². The Bertz CT molecular complexity index is 1180. The lowest BCUT2D eigenvalue weighted by atomic mass is 10.2. The van der Waals surface area contributed by atoms with Gasteiger partial charge in [-0.3, -0.25) is 4.79 Å². The Morgan fingerprint density at radius 3 is 2.34 bits per heavy atom. The van der Waals surface area contributed by atoms with Crippen LogP contribution in [0.2, 0.25) is 10.0 Å². The van der Waals surface area contributed by atoms with Crippen molar-refractivity contribution in [3.05, 3.63) is 87.3 Å². The standard InChI is InChI=1S/C22H15Cl2N3OS/c1-13-16(23)11-15(12-17(13)24)25-20(21(28)26-14-7-3-2-4-8-14)22-27-18-9-5-6-10-19(18)29-22/h2-12H,1H3,(H,26,28). The summed E-state index contributed by atoms with van der Waals surface area (Å²) in [5.41, 5.74) is 2.94. The van der Waals surface area contributed by atoms with E-state index in [1.807, 2.05) is 61.5 Å². The van der Waals surface area contributed by atoms with Gasteiger partial charge in [-0.1, -0.05) is 53.5 Å². The highest BCUT2D eigenvalue weighted by Gasteiger charge is 2.19. The third kappa shape index (κ3) is 4.32. The van der Waals surface area contributed by atoms with E-state index in [4.69, 9.17) is 23.2 Å². The number of benzene rings is 3. The van der Waals surface area contributed by atoms with E-state index < -0.39 is 0 Å². The number of aliphatic imine (C=N–C) groups is 1. The number of nitrogens with zero attached hydrogens (tertiary/aromatic N) is 2. The van der Waals surface area contributed by atoms with Crippen molar-refractivity contribution in [1.82, 2.24) is 4.98 Å². The molecule has 7 heteroatoms. The molecule has 1 amide bonds. The second-order valence-corrected chi connectivity index (χ2v) is 8.15. The van der Waals surface area contributed by atoms with Crippen LogP contribution in [0.15, 0.2) is 71.7 Å². The molecule has 144 valence electrons. The number of hydrogen-bond donors (Lipinski definition) is 1. The van der Waals surface area contributed by atoms with Crippen LogP contribution in [0.1, 0.15) is 10.6 Å². The molecular weight excluding hydrogens is 425 g/mol. The number of para-hydroxylation sites is 2. The SMILES string of the molecule is Cc1c(Cl)cc(N=C(C(=O)Nc2ccccc2)c2nc3ccccc3s2)cc1Cl. The average molecular weight is 440 g/mol. The maximum absolute atomic E-state index is 13.1. The highest BCUT2D eigenvalue weighted by atomic mass is 35.5. The van der Waals surface area contributed by atoms with E-state index in [0.29, 0.717) is 26.4 Å². The zero-order valence-corrected chi connectivity index (χ0v) is 17.6. The second-order valence-electron chi connectivity index (χ2n) is 6.30. The number of thiazole rings is 1. The monoisotopic (exact) mass is 439 g/mol. The van der Waals surface area contributed by atoms with Crippen molar-refractivity contribution in [3.63, 3.8) is 0 Å². The lowest BCUT2D eigenvalue weighted by molar-refractivity contribution is -0.110. The van der Waals surface area contributed by atoms with E-state index in [2.05, 4.69) is 15.3 Å². The Morgan fingerprint density at radius 1 is 1.00 bits per heavy atom. The Morgan fingerprint density at radius 2 is 1.66 bits per heavy atom. The molecule has 0 spiro atoms. The first kappa shape index (κ1) is 19.6. The maximum atomic E-state index is 13.1. The average Bonchev–Trinajstić information content (AvgIpc) is 3.14. The molecule has 29 heavy (non-hydrogen) atoms. The Balaban J connectivity index is 1.81. The number of rotatable bonds is 4. The molecule has 0 saturated heterocycles. The van der Waals surface area contributed by atoms with Gasteiger partial charge in [-0.15, -0.1) is 11.3 Å². The quantitative estimate of drug-likeness (QED) is 0.360. The van der Waals surface area contributed by atoms with Crippen LogP contribution in [-0.4, -0.2) is 16.6 Å². The molecule has 1 heterocycles. The summed E-state index contributed by atoms with van der Waals surface area (Å²) in [5, 5.41) is 4.38. The fourth-order valence-corrected chi connectivity index (χ4v) is 4.13. The van der Waals surface area contributed by atoms with Gasteiger partial charge in [0.05, 0.1) is 15.9 Å². The fourth-order valence-electron chi connectivity index (χ4n) is 2.71. The number of fused-ring (bicyclic) bond motifs is 1. The van der Waals surface area contributed by atoms with E-state index in [1.165, 1.54) is 11.3 Å². The molecule has 1 N–H and O–H groups in total. The lowest BCUT2D eigenvalue weighted by Gasteiger charge is -2.08. The minimum atomic E-state index is -0.358. The van der Waals surface area contributed by atoms with Crippen LogP contribution in [0, 0.1) is 6.92 Å². The maximum Gasteiger partial charge on any atom is 0.277 e. The molecule has 4 aromatic rings. The van der Waals surface area contributed by atoms with Crippen LogP contribution >= 0.6 is 34.5 Å². The molecule has 0 atom stereocenters. The first-order valence-electron chi connectivity index (χ1n) is 8.78. The van der Waals surface area contributed by atoms with E-state index in [0.717, 1.165) is 15.8 Å². The Labute approximate surface area is 181 Å². The normalized spacial score (nSPS) is 11.6. The minimum absolute atomic E-state index is 0.200. The van der Waals surface area contributed by atoms with Crippen molar-refractivity contribution < 1.29 is 4.79 Å². The summed E-state index contributed by atoms with van der Waals surface area (Å²) in [4.78, 5) is 22.3. The Hall–Kier alpha value is -2.73. The van der Waals surface area contributed by atoms with Gasteiger partial charge in [0.25, 0.3) is 5.91 Å². The molecule has 0 fully saturated rings. The van der Waals surface area contributed by atoms with Crippen molar-refractivity contribution in [2.45, 2.75) is 6.92 Å². The first-order valence-corrected chi connectivity index (χ1v) is 10.3. The van der Waals surface area contributed by atoms with E-state index >= 15 is 0 Å². The molecule has 4 rings (SSSR count). The van der Waals surface area contributed by atoms with Gasteiger partial charge in [-0.2, -0.15) is 0 Å². The van der Waals surface area contributed by atoms with Gasteiger partial charge in [0, 0.05) is 15.7 Å². The molecule has 0 saturated carbocycles. The van der Waals surface area contributed by atoms with Crippen molar-refractivity contribution in [2.24, 2.45) is 4.99 Å². The van der Waals surface area contributed by atoms with Crippen LogP contribution in [0.3, 0.4) is 0 Å². The first-order chi connectivity index (χ1) is 14.0. The van der Waals surface area contributed by atoms with E-state index in [9.17, 15) is 4.79 Å². The van der Waals surface area contributed by atoms with Crippen LogP contribution in [0.5, 0.6) is 0 Å². The molecule has 0 aliphatic carbocycles. The highest BCUT2D eigenvalue weighted by molar-refractivity contribution is 7.21. The van der Waals surface area contributed by atoms with E-state index in [-0.39, 0.29) is 11.6 Å². The predicted octanol–water partition coefficient (Wildman–Crippen LogP) is 6.67. The number of nitrogens with one attached hydrogen (secondary N) is 1. The van der Waals surface area contributed by atoms with Crippen LogP contribution < -0.4 is 5.32 Å². The number of carbonyl (C=O) groups is 1. The summed E-state index contributed by atoms with van der Waals surface area (Å²) in [6.45, 7) is 1.83. The summed E-state index contributed by atoms with van der Waals surface area (Å²) in [5.74, 6) is -0.358. The molecule has 4 nitrogen and oxygen atoms in total. The largest absolute Gasteiger partial charge is 0.321 e. The molecule has 0 aliphatic rings. The van der Waals surface area contributed by atoms with Gasteiger partial charge >= 0.3 is 0 Å². The third-order valence-corrected chi connectivity index (χ3v) is 6.08. The highest BCUT2D eigenvalue weighted by Crippen LogP contribution is 2.31. The molecule has 0 bridgehead atoms. The van der Waals surface area contributed by atoms with Crippen molar-refractivity contribution in [1.29, 1.82) is 0 Å². The molecule has 1 aromatic heterocycles. The van der Waals surface area contributed by atoms with Gasteiger partial charge < -0.3 is 5.32 Å². The van der Waals surface area contributed by atoms with Gasteiger partial charge in [0.1, 0.15) is 5.01 Å². The summed E-state index contributed by atoms with van der Waals surface area (Å²) >= 11 is 13.9. The predicted molar refractivity (Wildman–Crippen MR) is 122 cm³/mol. The molecule has 0 aliphatic heterocycles. The smallest absolute Gasteiger partial charge is 0.277 e. The van der Waals surface area contributed by atoms with E-state index in [1.54, 1.807) is 12.1 Å². The van der Waals surface area contributed by atoms with Crippen LogP contribution in [-0.2, 0) is 4.79 Å². The third-order valence-electron chi connectivity index (χ3n) is 4.25. The number of hydrogen-bond acceptors (Lipinski definition) is 4. The zero-order valence-electron chi connectivity index (χ0n) is 15.3. The second kappa shape index (κ2) is 8.33. The molecular formula is C22H15Cl2N3OS. The molecule has 3 aromatic carbocycles. The topological polar surface area (TPSA) is 54.4 Å². The fraction of sp³-hybridized carbons (Fsp3) is 0.0455. The molecule has 0 radical (unpaired) electrons. The van der Waals surface area contributed by atoms with Gasteiger partial charge in [0.2, 0.25) is 0 Å². The number of halogens is 2. The van der Waals surface area contributed by atoms with Crippen molar-refractivity contribution in [2.75, 3.05) is 5.32 Å². The zero-order chi connectivity index (χ0) is 20.4. The molecule has 0 unspecified atom stereocenters. The summed E-state index contributed by atoms with van der Waals surface area (Å²) in [7, 11) is 0. The van der Waals surface area contributed by atoms with Crippen molar-refractivity contribution >= 4 is 67.7 Å². The van der Waals surface area contributed by atoms with Crippen LogP contribution in [0.25, 0.3) is 10.2 Å². The minimum Gasteiger partial charge on any atom is -0.321 e. The lowest BCUT2D eigenvalue weighted by Crippen LogP contribution is -2.23. The number of carbonyl (C=O) groups excluding carboxylic acids is 1. The van der Waals surface area contributed by atoms with Gasteiger partial charge in [0.15, 0.2) is 5.71 Å².